The van der Waals surface area contributed by atoms with Gasteiger partial charge in [0.1, 0.15) is 0 Å². The topological polar surface area (TPSA) is 51.0 Å². The van der Waals surface area contributed by atoms with Crippen molar-refractivity contribution in [1.82, 2.24) is 10.2 Å². The second-order valence-electron chi connectivity index (χ2n) is 5.02. The van der Waals surface area contributed by atoms with Crippen molar-refractivity contribution in [2.75, 3.05) is 11.9 Å². The van der Waals surface area contributed by atoms with Gasteiger partial charge in [-0.15, -0.1) is 10.2 Å². The highest BCUT2D eigenvalue weighted by atomic mass is 16.4. The summed E-state index contributed by atoms with van der Waals surface area (Å²) in [7, 11) is 0. The van der Waals surface area contributed by atoms with Gasteiger partial charge in [-0.3, -0.25) is 0 Å². The van der Waals surface area contributed by atoms with E-state index < -0.39 is 0 Å². The number of anilines is 1. The highest BCUT2D eigenvalue weighted by molar-refractivity contribution is 5.60. The van der Waals surface area contributed by atoms with Gasteiger partial charge in [0.2, 0.25) is 12.3 Å². The molecule has 1 N–H and O–H groups in total. The fourth-order valence-corrected chi connectivity index (χ4v) is 2.23. The van der Waals surface area contributed by atoms with Crippen molar-refractivity contribution in [3.05, 3.63) is 66.6 Å². The van der Waals surface area contributed by atoms with Crippen molar-refractivity contribution >= 4 is 5.69 Å². The normalized spacial score (nSPS) is 12.0. The van der Waals surface area contributed by atoms with Gasteiger partial charge in [0.25, 0.3) is 0 Å². The fourth-order valence-electron chi connectivity index (χ4n) is 2.23. The minimum absolute atomic E-state index is 0.443. The van der Waals surface area contributed by atoms with Crippen molar-refractivity contribution in [3.63, 3.8) is 0 Å². The van der Waals surface area contributed by atoms with Gasteiger partial charge < -0.3 is 9.73 Å². The van der Waals surface area contributed by atoms with Gasteiger partial charge in [-0.05, 0) is 29.7 Å². The summed E-state index contributed by atoms with van der Waals surface area (Å²) in [5.74, 6) is 0.980. The molecular formula is C17H17N3O. The summed E-state index contributed by atoms with van der Waals surface area (Å²) in [6, 6.07) is 18.5. The second kappa shape index (κ2) is 6.22. The third-order valence-corrected chi connectivity index (χ3v) is 3.45. The largest absolute Gasteiger partial charge is 0.423 e. The van der Waals surface area contributed by atoms with Crippen LogP contribution in [0.25, 0.3) is 11.5 Å². The molecule has 1 unspecified atom stereocenters. The molecule has 0 bridgehead atoms. The lowest BCUT2D eigenvalue weighted by molar-refractivity contribution is 0.568. The van der Waals surface area contributed by atoms with E-state index in [1.165, 1.54) is 12.0 Å². The van der Waals surface area contributed by atoms with Crippen LogP contribution in [-0.4, -0.2) is 16.7 Å². The Balaban J connectivity index is 1.67. The Hall–Kier alpha value is -2.62. The van der Waals surface area contributed by atoms with Crippen molar-refractivity contribution in [2.24, 2.45) is 0 Å². The highest BCUT2D eigenvalue weighted by Gasteiger charge is 2.06. The number of nitrogens with one attached hydrogen (secondary N) is 1. The molecule has 0 fully saturated rings. The third-order valence-electron chi connectivity index (χ3n) is 3.45. The Labute approximate surface area is 123 Å². The smallest absolute Gasteiger partial charge is 0.247 e. The number of aromatic nitrogens is 2. The van der Waals surface area contributed by atoms with Gasteiger partial charge in [-0.25, -0.2) is 0 Å². The van der Waals surface area contributed by atoms with E-state index in [2.05, 4.69) is 46.7 Å². The predicted octanol–water partition coefficient (Wildman–Crippen LogP) is 3.95. The number of benzene rings is 2. The summed E-state index contributed by atoms with van der Waals surface area (Å²) in [6.45, 7) is 3.08. The zero-order valence-corrected chi connectivity index (χ0v) is 11.9. The second-order valence-corrected chi connectivity index (χ2v) is 5.02. The van der Waals surface area contributed by atoms with Crippen LogP contribution in [0.3, 0.4) is 0 Å². The molecule has 0 spiro atoms. The van der Waals surface area contributed by atoms with Crippen LogP contribution in [0, 0.1) is 0 Å². The standard InChI is InChI=1S/C17H17N3O/c1-13(14-6-3-2-4-7-14)11-18-16-9-5-8-15(10-16)17-20-19-12-21-17/h2-10,12-13,18H,11H2,1H3. The molecule has 1 aromatic heterocycles. The summed E-state index contributed by atoms with van der Waals surface area (Å²) < 4.78 is 5.22. The maximum Gasteiger partial charge on any atom is 0.247 e. The van der Waals surface area contributed by atoms with Gasteiger partial charge in [0.05, 0.1) is 0 Å². The Bertz CT molecular complexity index is 680. The molecule has 4 heteroatoms. The van der Waals surface area contributed by atoms with Crippen LogP contribution < -0.4 is 5.32 Å². The Morgan fingerprint density at radius 1 is 1.10 bits per heavy atom. The molecule has 0 aliphatic carbocycles. The first-order valence-electron chi connectivity index (χ1n) is 6.98. The number of nitrogens with zero attached hydrogens (tertiary/aromatic N) is 2. The first-order chi connectivity index (χ1) is 10.3. The highest BCUT2D eigenvalue weighted by Crippen LogP contribution is 2.21. The SMILES string of the molecule is CC(CNc1cccc(-c2nnco2)c1)c1ccccc1. The Kier molecular flexibility index (Phi) is 3.96. The average molecular weight is 279 g/mol. The van der Waals surface area contributed by atoms with E-state index in [1.807, 2.05) is 30.3 Å². The molecule has 0 saturated heterocycles. The summed E-state index contributed by atoms with van der Waals surface area (Å²) in [5.41, 5.74) is 3.30. The zero-order valence-electron chi connectivity index (χ0n) is 11.9. The molecule has 0 amide bonds. The molecule has 0 saturated carbocycles. The lowest BCUT2D eigenvalue weighted by Gasteiger charge is -2.14. The molecule has 0 aliphatic heterocycles. The molecule has 3 rings (SSSR count). The minimum Gasteiger partial charge on any atom is -0.423 e. The Morgan fingerprint density at radius 3 is 2.71 bits per heavy atom. The molecule has 106 valence electrons. The first-order valence-corrected chi connectivity index (χ1v) is 6.98. The molecular weight excluding hydrogens is 262 g/mol. The number of rotatable bonds is 5. The lowest BCUT2D eigenvalue weighted by Crippen LogP contribution is -2.09. The van der Waals surface area contributed by atoms with Crippen molar-refractivity contribution in [1.29, 1.82) is 0 Å². The summed E-state index contributed by atoms with van der Waals surface area (Å²) in [6.07, 6.45) is 1.34. The molecule has 2 aromatic carbocycles. The molecule has 1 atom stereocenters. The van der Waals surface area contributed by atoms with Gasteiger partial charge >= 0.3 is 0 Å². The molecule has 0 radical (unpaired) electrons. The van der Waals surface area contributed by atoms with E-state index in [1.54, 1.807) is 0 Å². The van der Waals surface area contributed by atoms with Crippen LogP contribution in [0.4, 0.5) is 5.69 Å². The monoisotopic (exact) mass is 279 g/mol. The first kappa shape index (κ1) is 13.4. The molecule has 0 aliphatic rings. The molecule has 21 heavy (non-hydrogen) atoms. The summed E-state index contributed by atoms with van der Waals surface area (Å²) >= 11 is 0. The van der Waals surface area contributed by atoms with E-state index in [0.29, 0.717) is 11.8 Å². The van der Waals surface area contributed by atoms with Gasteiger partial charge in [0.15, 0.2) is 0 Å². The lowest BCUT2D eigenvalue weighted by atomic mass is 10.0. The number of hydrogen-bond acceptors (Lipinski definition) is 4. The molecule has 3 aromatic rings. The van der Waals surface area contributed by atoms with E-state index in [4.69, 9.17) is 4.42 Å². The fraction of sp³-hybridized carbons (Fsp3) is 0.176. The van der Waals surface area contributed by atoms with Crippen LogP contribution in [0.15, 0.2) is 65.4 Å². The predicted molar refractivity (Wildman–Crippen MR) is 83.1 cm³/mol. The van der Waals surface area contributed by atoms with Gasteiger partial charge in [0, 0.05) is 17.8 Å². The quantitative estimate of drug-likeness (QED) is 0.768. The zero-order chi connectivity index (χ0) is 14.5. The van der Waals surface area contributed by atoms with Crippen LogP contribution in [-0.2, 0) is 0 Å². The molecule has 1 heterocycles. The van der Waals surface area contributed by atoms with Gasteiger partial charge in [-0.2, -0.15) is 0 Å². The van der Waals surface area contributed by atoms with Crippen LogP contribution in [0.2, 0.25) is 0 Å². The average Bonchev–Trinajstić information content (AvgIpc) is 3.08. The van der Waals surface area contributed by atoms with Crippen LogP contribution in [0.5, 0.6) is 0 Å². The van der Waals surface area contributed by atoms with E-state index in [0.717, 1.165) is 17.8 Å². The summed E-state index contributed by atoms with van der Waals surface area (Å²) in [4.78, 5) is 0. The van der Waals surface area contributed by atoms with Crippen LogP contribution >= 0.6 is 0 Å². The van der Waals surface area contributed by atoms with E-state index in [-0.39, 0.29) is 0 Å². The number of hydrogen-bond donors (Lipinski definition) is 1. The van der Waals surface area contributed by atoms with Crippen molar-refractivity contribution in [3.8, 4) is 11.5 Å². The Morgan fingerprint density at radius 2 is 1.95 bits per heavy atom. The van der Waals surface area contributed by atoms with Crippen LogP contribution in [0.1, 0.15) is 18.4 Å². The molecule has 4 nitrogen and oxygen atoms in total. The minimum atomic E-state index is 0.443. The van der Waals surface area contributed by atoms with E-state index in [9.17, 15) is 0 Å². The van der Waals surface area contributed by atoms with Crippen molar-refractivity contribution in [2.45, 2.75) is 12.8 Å². The van der Waals surface area contributed by atoms with Gasteiger partial charge in [-0.1, -0.05) is 43.3 Å². The third kappa shape index (κ3) is 3.28. The maximum absolute atomic E-state index is 5.22. The maximum atomic E-state index is 5.22. The van der Waals surface area contributed by atoms with Crippen molar-refractivity contribution < 1.29 is 4.42 Å². The summed E-state index contributed by atoms with van der Waals surface area (Å²) in [5, 5.41) is 11.1. The van der Waals surface area contributed by atoms with E-state index >= 15 is 0 Å².